The lowest BCUT2D eigenvalue weighted by Crippen LogP contribution is -1.88. The molecule has 0 aliphatic heterocycles. The molecule has 15 heavy (non-hydrogen) atoms. The van der Waals surface area contributed by atoms with Crippen molar-refractivity contribution in [2.45, 2.75) is 39.0 Å². The molecule has 0 spiro atoms. The van der Waals surface area contributed by atoms with Gasteiger partial charge in [-0.3, -0.25) is 0 Å². The predicted octanol–water partition coefficient (Wildman–Crippen LogP) is 5.16. The van der Waals surface area contributed by atoms with E-state index in [9.17, 15) is 0 Å². The summed E-state index contributed by atoms with van der Waals surface area (Å²) in [6.07, 6.45) is 10.4. The molecule has 0 radical (unpaired) electrons. The third-order valence-corrected chi connectivity index (χ3v) is 3.68. The van der Waals surface area contributed by atoms with E-state index in [1.54, 1.807) is 11.3 Å². The van der Waals surface area contributed by atoms with Crippen molar-refractivity contribution in [2.75, 3.05) is 0 Å². The maximum Gasteiger partial charge on any atom is 0.0302 e. The molecular weight excluding hydrogens is 200 g/mol. The van der Waals surface area contributed by atoms with Gasteiger partial charge in [-0.2, -0.15) is 0 Å². The Morgan fingerprint density at radius 2 is 2.00 bits per heavy atom. The highest BCUT2D eigenvalue weighted by atomic mass is 32.1. The summed E-state index contributed by atoms with van der Waals surface area (Å²) in [6.45, 7) is 9.96. The first-order valence-corrected chi connectivity index (χ1v) is 6.56. The van der Waals surface area contributed by atoms with Crippen LogP contribution >= 0.6 is 11.3 Å². The normalized spacial score (nSPS) is 10.2. The van der Waals surface area contributed by atoms with Gasteiger partial charge in [0.2, 0.25) is 0 Å². The monoisotopic (exact) mass is 220 g/mol. The molecule has 0 saturated carbocycles. The van der Waals surface area contributed by atoms with Crippen molar-refractivity contribution < 1.29 is 0 Å². The first-order chi connectivity index (χ1) is 7.33. The molecule has 0 N–H and O–H groups in total. The number of hydrogen-bond donors (Lipinski definition) is 0. The van der Waals surface area contributed by atoms with Crippen molar-refractivity contribution in [2.24, 2.45) is 0 Å². The van der Waals surface area contributed by atoms with Gasteiger partial charge in [-0.25, -0.2) is 0 Å². The Hall–Kier alpha value is -0.820. The second kappa shape index (κ2) is 6.62. The van der Waals surface area contributed by atoms with E-state index in [1.807, 2.05) is 12.2 Å². The van der Waals surface area contributed by atoms with Crippen LogP contribution in [-0.4, -0.2) is 0 Å². The highest BCUT2D eigenvalue weighted by Crippen LogP contribution is 2.26. The van der Waals surface area contributed by atoms with Gasteiger partial charge in [-0.15, -0.1) is 11.3 Å². The van der Waals surface area contributed by atoms with Gasteiger partial charge < -0.3 is 0 Å². The third kappa shape index (κ3) is 3.35. The van der Waals surface area contributed by atoms with Gasteiger partial charge >= 0.3 is 0 Å². The minimum Gasteiger partial charge on any atom is -0.144 e. The molecule has 0 saturated heterocycles. The molecule has 0 aliphatic carbocycles. The molecule has 0 aromatic carbocycles. The van der Waals surface area contributed by atoms with E-state index >= 15 is 0 Å². The van der Waals surface area contributed by atoms with E-state index in [2.05, 4.69) is 25.5 Å². The molecule has 1 heterocycles. The second-order valence-electron chi connectivity index (χ2n) is 3.75. The number of unbranched alkanes of at least 4 members (excludes halogenated alkanes) is 3. The lowest BCUT2D eigenvalue weighted by Gasteiger charge is -2.02. The second-order valence-corrected chi connectivity index (χ2v) is 4.66. The van der Waals surface area contributed by atoms with Gasteiger partial charge in [-0.05, 0) is 29.3 Å². The van der Waals surface area contributed by atoms with Crippen molar-refractivity contribution in [1.82, 2.24) is 0 Å². The van der Waals surface area contributed by atoms with Crippen LogP contribution in [-0.2, 0) is 6.42 Å². The summed E-state index contributed by atoms with van der Waals surface area (Å²) >= 11 is 1.78. The molecule has 0 aliphatic rings. The maximum absolute atomic E-state index is 3.86. The minimum absolute atomic E-state index is 1.17. The summed E-state index contributed by atoms with van der Waals surface area (Å²) in [5, 5.41) is 2.18. The van der Waals surface area contributed by atoms with E-state index in [1.165, 1.54) is 48.1 Å². The van der Waals surface area contributed by atoms with Crippen LogP contribution in [0.15, 0.2) is 18.5 Å². The molecule has 82 valence electrons. The quantitative estimate of drug-likeness (QED) is 0.557. The van der Waals surface area contributed by atoms with Crippen LogP contribution in [0.5, 0.6) is 0 Å². The summed E-state index contributed by atoms with van der Waals surface area (Å²) in [5.74, 6) is 0. The van der Waals surface area contributed by atoms with Crippen molar-refractivity contribution in [1.29, 1.82) is 0 Å². The van der Waals surface area contributed by atoms with Crippen molar-refractivity contribution in [3.8, 4) is 0 Å². The lowest BCUT2D eigenvalue weighted by atomic mass is 10.0. The molecule has 0 fully saturated rings. The van der Waals surface area contributed by atoms with Gasteiger partial charge in [-0.1, -0.05) is 51.5 Å². The average Bonchev–Trinajstić information content (AvgIpc) is 2.66. The zero-order chi connectivity index (χ0) is 11.1. The van der Waals surface area contributed by atoms with E-state index in [0.29, 0.717) is 0 Å². The topological polar surface area (TPSA) is 0 Å². The zero-order valence-corrected chi connectivity index (χ0v) is 10.4. The molecule has 0 amide bonds. The first kappa shape index (κ1) is 12.3. The van der Waals surface area contributed by atoms with Crippen LogP contribution in [0.1, 0.15) is 48.6 Å². The van der Waals surface area contributed by atoms with Crippen LogP contribution in [0.25, 0.3) is 12.2 Å². The van der Waals surface area contributed by atoms with E-state index < -0.39 is 0 Å². The van der Waals surface area contributed by atoms with Gasteiger partial charge in [0.1, 0.15) is 0 Å². The Labute approximate surface area is 97.3 Å². The molecule has 1 aromatic rings. The van der Waals surface area contributed by atoms with Crippen LogP contribution in [0.4, 0.5) is 0 Å². The van der Waals surface area contributed by atoms with Gasteiger partial charge in [0, 0.05) is 4.88 Å². The SMILES string of the molecule is C=Cc1csc(C=C)c1CCCCCC. The summed E-state index contributed by atoms with van der Waals surface area (Å²) < 4.78 is 0. The highest BCUT2D eigenvalue weighted by Gasteiger charge is 2.06. The number of thiophene rings is 1. The summed E-state index contributed by atoms with van der Waals surface area (Å²) in [7, 11) is 0. The first-order valence-electron chi connectivity index (χ1n) is 5.68. The smallest absolute Gasteiger partial charge is 0.0302 e. The van der Waals surface area contributed by atoms with E-state index in [0.717, 1.165) is 0 Å². The fraction of sp³-hybridized carbons (Fsp3) is 0.429. The van der Waals surface area contributed by atoms with Gasteiger partial charge in [0.05, 0.1) is 0 Å². The largest absolute Gasteiger partial charge is 0.144 e. The fourth-order valence-electron chi connectivity index (χ4n) is 1.75. The van der Waals surface area contributed by atoms with Gasteiger partial charge in [0.15, 0.2) is 0 Å². The van der Waals surface area contributed by atoms with Crippen molar-refractivity contribution >= 4 is 23.5 Å². The van der Waals surface area contributed by atoms with Crippen LogP contribution < -0.4 is 0 Å². The number of hydrogen-bond acceptors (Lipinski definition) is 1. The Kier molecular flexibility index (Phi) is 5.41. The molecule has 0 bridgehead atoms. The van der Waals surface area contributed by atoms with E-state index in [4.69, 9.17) is 0 Å². The molecule has 1 aromatic heterocycles. The van der Waals surface area contributed by atoms with Crippen LogP contribution in [0, 0.1) is 0 Å². The fourth-order valence-corrected chi connectivity index (χ4v) is 2.70. The van der Waals surface area contributed by atoms with Gasteiger partial charge in [0.25, 0.3) is 0 Å². The highest BCUT2D eigenvalue weighted by molar-refractivity contribution is 7.11. The molecule has 0 atom stereocenters. The Morgan fingerprint density at radius 3 is 2.60 bits per heavy atom. The Balaban J connectivity index is 2.60. The van der Waals surface area contributed by atoms with Crippen molar-refractivity contribution in [3.63, 3.8) is 0 Å². The van der Waals surface area contributed by atoms with Crippen LogP contribution in [0.3, 0.4) is 0 Å². The predicted molar refractivity (Wildman–Crippen MR) is 72.3 cm³/mol. The molecule has 1 heteroatoms. The van der Waals surface area contributed by atoms with Crippen molar-refractivity contribution in [3.05, 3.63) is 34.5 Å². The minimum atomic E-state index is 1.17. The number of rotatable bonds is 7. The van der Waals surface area contributed by atoms with Crippen LogP contribution in [0.2, 0.25) is 0 Å². The Bertz CT molecular complexity index is 295. The molecule has 0 nitrogen and oxygen atoms in total. The standard InChI is InChI=1S/C14H20S/c1-4-7-8-9-10-13-12(5-2)11-15-14(13)6-3/h5-6,11H,2-4,7-10H2,1H3. The molecular formula is C14H20S. The average molecular weight is 220 g/mol. The summed E-state index contributed by atoms with van der Waals surface area (Å²) in [6, 6.07) is 0. The molecule has 1 rings (SSSR count). The lowest BCUT2D eigenvalue weighted by molar-refractivity contribution is 0.667. The summed E-state index contributed by atoms with van der Waals surface area (Å²) in [4.78, 5) is 1.32. The van der Waals surface area contributed by atoms with E-state index in [-0.39, 0.29) is 0 Å². The molecule has 0 unspecified atom stereocenters. The summed E-state index contributed by atoms with van der Waals surface area (Å²) in [5.41, 5.74) is 2.74. The maximum atomic E-state index is 3.86. The Morgan fingerprint density at radius 1 is 1.20 bits per heavy atom. The third-order valence-electron chi connectivity index (χ3n) is 2.64. The zero-order valence-electron chi connectivity index (χ0n) is 9.59.